The Morgan fingerprint density at radius 1 is 1.26 bits per heavy atom. The molecule has 0 aliphatic rings. The predicted molar refractivity (Wildman–Crippen MR) is 98.5 cm³/mol. The van der Waals surface area contributed by atoms with E-state index in [0.717, 1.165) is 6.07 Å². The van der Waals surface area contributed by atoms with Crippen LogP contribution in [0.25, 0.3) is 0 Å². The lowest BCUT2D eigenvalue weighted by molar-refractivity contribution is -0.384. The Labute approximate surface area is 156 Å². The molecule has 10 heteroatoms. The topological polar surface area (TPSA) is 140 Å². The number of hydrogen-bond donors (Lipinski definition) is 3. The number of nitro groups is 1. The van der Waals surface area contributed by atoms with E-state index >= 15 is 0 Å². The van der Waals surface area contributed by atoms with E-state index < -0.39 is 28.3 Å². The molecule has 148 valence electrons. The maximum Gasteiger partial charge on any atom is 0.407 e. The van der Waals surface area contributed by atoms with Crippen molar-refractivity contribution in [3.63, 3.8) is 0 Å². The van der Waals surface area contributed by atoms with Crippen molar-refractivity contribution in [2.45, 2.75) is 26.4 Å². The van der Waals surface area contributed by atoms with E-state index in [2.05, 4.69) is 10.6 Å². The zero-order valence-corrected chi connectivity index (χ0v) is 15.6. The quantitative estimate of drug-likeness (QED) is 0.355. The minimum atomic E-state index is -1.30. The third-order valence-electron chi connectivity index (χ3n) is 3.07. The Morgan fingerprint density at radius 2 is 1.89 bits per heavy atom. The molecular formula is C17H23N3O7. The second-order valence-electron chi connectivity index (χ2n) is 6.37. The molecule has 0 saturated carbocycles. The molecule has 0 aliphatic carbocycles. The molecule has 0 bridgehead atoms. The molecule has 0 heterocycles. The third-order valence-corrected chi connectivity index (χ3v) is 3.07. The molecule has 0 spiro atoms. The van der Waals surface area contributed by atoms with Crippen molar-refractivity contribution in [2.75, 3.05) is 25.5 Å². The number of anilines is 1. The van der Waals surface area contributed by atoms with Gasteiger partial charge in [-0.05, 0) is 26.8 Å². The van der Waals surface area contributed by atoms with Crippen LogP contribution in [-0.2, 0) is 4.74 Å². The number of ether oxygens (including phenoxy) is 2. The first kappa shape index (κ1) is 21.7. The Kier molecular flexibility index (Phi) is 7.58. The van der Waals surface area contributed by atoms with Crippen molar-refractivity contribution in [1.29, 1.82) is 0 Å². The summed E-state index contributed by atoms with van der Waals surface area (Å²) in [6.07, 6.45) is 2.73. The third kappa shape index (κ3) is 7.22. The van der Waals surface area contributed by atoms with Gasteiger partial charge < -0.3 is 25.2 Å². The summed E-state index contributed by atoms with van der Waals surface area (Å²) < 4.78 is 10.1. The monoisotopic (exact) mass is 381 g/mol. The summed E-state index contributed by atoms with van der Waals surface area (Å²) in [4.78, 5) is 33.1. The number of hydrogen-bond acceptors (Lipinski definition) is 7. The SMILES string of the molecule is COc1cc(C(=O)O)cc([N+](=O)[O-])c1NCC=CCNC(=O)OC(C)(C)C. The predicted octanol–water partition coefficient (Wildman–Crippen LogP) is 2.79. The van der Waals surface area contributed by atoms with Crippen molar-refractivity contribution in [3.8, 4) is 5.75 Å². The molecule has 0 radical (unpaired) electrons. The second kappa shape index (κ2) is 9.41. The van der Waals surface area contributed by atoms with Gasteiger partial charge in [-0.15, -0.1) is 0 Å². The highest BCUT2D eigenvalue weighted by Gasteiger charge is 2.22. The zero-order chi connectivity index (χ0) is 20.6. The van der Waals surface area contributed by atoms with E-state index in [9.17, 15) is 19.7 Å². The number of rotatable bonds is 8. The van der Waals surface area contributed by atoms with Gasteiger partial charge in [0.25, 0.3) is 5.69 Å². The fraction of sp³-hybridized carbons (Fsp3) is 0.412. The van der Waals surface area contributed by atoms with Crippen LogP contribution in [0.5, 0.6) is 5.75 Å². The van der Waals surface area contributed by atoms with Crippen LogP contribution >= 0.6 is 0 Å². The number of amides is 1. The number of carbonyl (C=O) groups is 2. The fourth-order valence-corrected chi connectivity index (χ4v) is 1.99. The van der Waals surface area contributed by atoms with Crippen LogP contribution in [0.1, 0.15) is 31.1 Å². The van der Waals surface area contributed by atoms with Gasteiger partial charge in [0.2, 0.25) is 0 Å². The Morgan fingerprint density at radius 3 is 2.41 bits per heavy atom. The van der Waals surface area contributed by atoms with Crippen molar-refractivity contribution in [1.82, 2.24) is 5.32 Å². The van der Waals surface area contributed by atoms with E-state index in [1.165, 1.54) is 13.2 Å². The van der Waals surface area contributed by atoms with Crippen molar-refractivity contribution in [2.24, 2.45) is 0 Å². The van der Waals surface area contributed by atoms with Crippen LogP contribution in [0.15, 0.2) is 24.3 Å². The molecule has 1 aromatic carbocycles. The highest BCUT2D eigenvalue weighted by Crippen LogP contribution is 2.35. The van der Waals surface area contributed by atoms with E-state index in [1.807, 2.05) is 0 Å². The average Bonchev–Trinajstić information content (AvgIpc) is 2.55. The van der Waals surface area contributed by atoms with Crippen LogP contribution in [0, 0.1) is 10.1 Å². The van der Waals surface area contributed by atoms with E-state index in [-0.39, 0.29) is 30.1 Å². The number of nitrogens with one attached hydrogen (secondary N) is 2. The Hall–Kier alpha value is -3.30. The van der Waals surface area contributed by atoms with Gasteiger partial charge >= 0.3 is 12.1 Å². The van der Waals surface area contributed by atoms with Crippen molar-refractivity contribution < 1.29 is 29.1 Å². The van der Waals surface area contributed by atoms with Gasteiger partial charge in [-0.25, -0.2) is 9.59 Å². The normalized spacial score (nSPS) is 11.1. The highest BCUT2D eigenvalue weighted by atomic mass is 16.6. The number of benzene rings is 1. The van der Waals surface area contributed by atoms with Gasteiger partial charge in [0.05, 0.1) is 17.6 Å². The molecule has 0 saturated heterocycles. The lowest BCUT2D eigenvalue weighted by Gasteiger charge is -2.19. The first-order valence-electron chi connectivity index (χ1n) is 8.00. The number of nitrogens with zero attached hydrogens (tertiary/aromatic N) is 1. The maximum atomic E-state index is 11.5. The average molecular weight is 381 g/mol. The highest BCUT2D eigenvalue weighted by molar-refractivity contribution is 5.91. The molecule has 0 aliphatic heterocycles. The van der Waals surface area contributed by atoms with Gasteiger partial charge in [0, 0.05) is 19.2 Å². The summed E-state index contributed by atoms with van der Waals surface area (Å²) >= 11 is 0. The van der Waals surface area contributed by atoms with Crippen LogP contribution in [-0.4, -0.2) is 47.9 Å². The molecule has 3 N–H and O–H groups in total. The molecule has 1 amide bonds. The van der Waals surface area contributed by atoms with E-state index in [4.69, 9.17) is 14.6 Å². The summed E-state index contributed by atoms with van der Waals surface area (Å²) in [5, 5.41) is 25.6. The number of carboxylic acid groups (broad SMARTS) is 1. The number of methoxy groups -OCH3 is 1. The van der Waals surface area contributed by atoms with Crippen LogP contribution in [0.4, 0.5) is 16.2 Å². The number of carbonyl (C=O) groups excluding carboxylic acids is 1. The smallest absolute Gasteiger partial charge is 0.407 e. The van der Waals surface area contributed by atoms with Gasteiger partial charge in [0.1, 0.15) is 11.4 Å². The van der Waals surface area contributed by atoms with E-state index in [1.54, 1.807) is 32.9 Å². The molecular weight excluding hydrogens is 358 g/mol. The summed E-state index contributed by atoms with van der Waals surface area (Å²) in [5.41, 5.74) is -1.18. The molecule has 27 heavy (non-hydrogen) atoms. The molecule has 1 rings (SSSR count). The molecule has 10 nitrogen and oxygen atoms in total. The Bertz CT molecular complexity index is 739. The summed E-state index contributed by atoms with van der Waals surface area (Å²) in [6, 6.07) is 2.16. The van der Waals surface area contributed by atoms with Crippen LogP contribution < -0.4 is 15.4 Å². The lowest BCUT2D eigenvalue weighted by atomic mass is 10.1. The summed E-state index contributed by atoms with van der Waals surface area (Å²) in [5.74, 6) is -1.25. The number of aromatic carboxylic acids is 1. The van der Waals surface area contributed by atoms with Crippen LogP contribution in [0.3, 0.4) is 0 Å². The molecule has 0 atom stereocenters. The number of alkyl carbamates (subject to hydrolysis) is 1. The lowest BCUT2D eigenvalue weighted by Crippen LogP contribution is -2.32. The second-order valence-corrected chi connectivity index (χ2v) is 6.37. The van der Waals surface area contributed by atoms with Crippen molar-refractivity contribution in [3.05, 3.63) is 40.0 Å². The summed E-state index contributed by atoms with van der Waals surface area (Å²) in [6.45, 7) is 5.67. The maximum absolute atomic E-state index is 11.5. The summed E-state index contributed by atoms with van der Waals surface area (Å²) in [7, 11) is 1.29. The van der Waals surface area contributed by atoms with Gasteiger partial charge in [-0.3, -0.25) is 10.1 Å². The molecule has 0 unspecified atom stereocenters. The largest absolute Gasteiger partial charge is 0.494 e. The standard InChI is InChI=1S/C17H23N3O7/c1-17(2,3)27-16(23)19-8-6-5-7-18-14-12(20(24)25)9-11(15(21)22)10-13(14)26-4/h5-6,9-10,18H,7-8H2,1-4H3,(H,19,23)(H,21,22). The number of nitro benzene ring substituents is 1. The number of carboxylic acids is 1. The first-order valence-corrected chi connectivity index (χ1v) is 8.00. The fourth-order valence-electron chi connectivity index (χ4n) is 1.99. The zero-order valence-electron chi connectivity index (χ0n) is 15.6. The Balaban J connectivity index is 2.72. The minimum Gasteiger partial charge on any atom is -0.494 e. The van der Waals surface area contributed by atoms with Crippen LogP contribution in [0.2, 0.25) is 0 Å². The van der Waals surface area contributed by atoms with Gasteiger partial charge in [-0.1, -0.05) is 12.2 Å². The minimum absolute atomic E-state index is 0.0434. The molecule has 1 aromatic rings. The van der Waals surface area contributed by atoms with Gasteiger partial charge in [0.15, 0.2) is 5.69 Å². The molecule has 0 fully saturated rings. The van der Waals surface area contributed by atoms with Gasteiger partial charge in [-0.2, -0.15) is 0 Å². The van der Waals surface area contributed by atoms with Crippen molar-refractivity contribution >= 4 is 23.4 Å². The first-order chi connectivity index (χ1) is 12.5. The van der Waals surface area contributed by atoms with E-state index in [0.29, 0.717) is 0 Å². The molecule has 0 aromatic heterocycles.